The van der Waals surface area contributed by atoms with E-state index in [0.717, 1.165) is 5.56 Å². The van der Waals surface area contributed by atoms with E-state index < -0.39 is 11.2 Å². The van der Waals surface area contributed by atoms with E-state index in [2.05, 4.69) is 4.98 Å². The topological polar surface area (TPSA) is 84.4 Å². The van der Waals surface area contributed by atoms with Crippen molar-refractivity contribution >= 4 is 5.91 Å². The van der Waals surface area contributed by atoms with Gasteiger partial charge in [-0.2, -0.15) is 0 Å². The summed E-state index contributed by atoms with van der Waals surface area (Å²) in [6.07, 6.45) is 1.68. The van der Waals surface area contributed by atoms with E-state index in [0.29, 0.717) is 19.7 Å². The second kappa shape index (κ2) is 7.48. The third-order valence-electron chi connectivity index (χ3n) is 4.40. The average molecular weight is 343 g/mol. The van der Waals surface area contributed by atoms with Gasteiger partial charge in [-0.1, -0.05) is 24.3 Å². The quantitative estimate of drug-likeness (QED) is 0.835. The van der Waals surface area contributed by atoms with Gasteiger partial charge in [0.15, 0.2) is 0 Å². The molecule has 1 aromatic carbocycles. The molecular weight excluding hydrogens is 322 g/mol. The number of aryl methyl sites for hydroxylation is 2. The van der Waals surface area contributed by atoms with Crippen molar-refractivity contribution in [2.45, 2.75) is 32.6 Å². The predicted octanol–water partition coefficient (Wildman–Crippen LogP) is 0.663. The molecule has 1 N–H and O–H groups in total. The van der Waals surface area contributed by atoms with E-state index in [1.807, 2.05) is 31.2 Å². The lowest BCUT2D eigenvalue weighted by Crippen LogP contribution is -2.54. The number of nitrogens with one attached hydrogen (secondary N) is 1. The molecule has 25 heavy (non-hydrogen) atoms. The highest BCUT2D eigenvalue weighted by Gasteiger charge is 2.30. The molecule has 0 spiro atoms. The Morgan fingerprint density at radius 1 is 1.24 bits per heavy atom. The summed E-state index contributed by atoms with van der Waals surface area (Å²) in [7, 11) is 0. The number of rotatable bonds is 6. The van der Waals surface area contributed by atoms with Crippen LogP contribution in [-0.4, -0.2) is 39.6 Å². The molecule has 1 fully saturated rings. The Morgan fingerprint density at radius 2 is 2.00 bits per heavy atom. The van der Waals surface area contributed by atoms with E-state index >= 15 is 0 Å². The maximum atomic E-state index is 12.1. The normalized spacial score (nSPS) is 14.4. The van der Waals surface area contributed by atoms with E-state index in [1.54, 1.807) is 4.90 Å². The predicted molar refractivity (Wildman–Crippen MR) is 92.3 cm³/mol. The van der Waals surface area contributed by atoms with Crippen LogP contribution in [0.3, 0.4) is 0 Å². The highest BCUT2D eigenvalue weighted by Crippen LogP contribution is 2.16. The van der Waals surface area contributed by atoms with Crippen molar-refractivity contribution < 1.29 is 9.53 Å². The molecule has 1 aliphatic rings. The number of likely N-dealkylation sites (tertiary alicyclic amines) is 1. The van der Waals surface area contributed by atoms with Gasteiger partial charge >= 0.3 is 5.69 Å². The molecule has 3 rings (SSSR count). The van der Waals surface area contributed by atoms with Crippen LogP contribution in [0.4, 0.5) is 0 Å². The monoisotopic (exact) mass is 343 g/mol. The van der Waals surface area contributed by atoms with Crippen LogP contribution in [0.2, 0.25) is 0 Å². The fraction of sp³-hybridized carbons (Fsp3) is 0.389. The standard InChI is InChI=1S/C18H21N3O4/c1-13-4-2-3-5-14(13)12-25-15-10-21(11-15)17(23)7-9-20-8-6-16(22)19-18(20)24/h2-6,8,15H,7,9-12H2,1H3,(H,19,22,24). The lowest BCUT2D eigenvalue weighted by Gasteiger charge is -2.39. The number of aromatic amines is 1. The lowest BCUT2D eigenvalue weighted by atomic mass is 10.1. The van der Waals surface area contributed by atoms with E-state index in [4.69, 9.17) is 4.74 Å². The molecule has 7 nitrogen and oxygen atoms in total. The Bertz CT molecular complexity index is 865. The SMILES string of the molecule is Cc1ccccc1COC1CN(C(=O)CCn2ccc(=O)[nH]c2=O)C1. The van der Waals surface area contributed by atoms with Crippen molar-refractivity contribution in [3.8, 4) is 0 Å². The first-order valence-electron chi connectivity index (χ1n) is 8.26. The van der Waals surface area contributed by atoms with Crippen LogP contribution in [0.15, 0.2) is 46.1 Å². The number of nitrogens with zero attached hydrogens (tertiary/aromatic N) is 2. The number of hydrogen-bond acceptors (Lipinski definition) is 4. The first-order valence-corrected chi connectivity index (χ1v) is 8.26. The number of benzene rings is 1. The third-order valence-corrected chi connectivity index (χ3v) is 4.40. The average Bonchev–Trinajstić information content (AvgIpc) is 2.54. The Labute approximate surface area is 144 Å². The summed E-state index contributed by atoms with van der Waals surface area (Å²) >= 11 is 0. The summed E-state index contributed by atoms with van der Waals surface area (Å²) in [4.78, 5) is 38.6. The molecule has 0 saturated carbocycles. The van der Waals surface area contributed by atoms with Gasteiger partial charge in [-0.15, -0.1) is 0 Å². The molecule has 1 aromatic heterocycles. The largest absolute Gasteiger partial charge is 0.370 e. The van der Waals surface area contributed by atoms with Crippen LogP contribution in [0.5, 0.6) is 0 Å². The summed E-state index contributed by atoms with van der Waals surface area (Å²) in [5.74, 6) is -0.0196. The third kappa shape index (κ3) is 4.24. The molecule has 1 amide bonds. The molecule has 2 aromatic rings. The molecule has 7 heteroatoms. The highest BCUT2D eigenvalue weighted by atomic mass is 16.5. The van der Waals surface area contributed by atoms with Crippen LogP contribution in [0.25, 0.3) is 0 Å². The minimum absolute atomic E-state index is 0.0196. The summed E-state index contributed by atoms with van der Waals surface area (Å²) in [6, 6.07) is 9.34. The van der Waals surface area contributed by atoms with Gasteiger partial charge in [0.25, 0.3) is 5.56 Å². The van der Waals surface area contributed by atoms with E-state index in [9.17, 15) is 14.4 Å². The van der Waals surface area contributed by atoms with Crippen molar-refractivity contribution in [3.05, 3.63) is 68.5 Å². The van der Waals surface area contributed by atoms with Crippen LogP contribution >= 0.6 is 0 Å². The number of ether oxygens (including phenoxy) is 1. The molecule has 2 heterocycles. The first-order chi connectivity index (χ1) is 12.0. The number of H-pyrrole nitrogens is 1. The number of carbonyl (C=O) groups excluding carboxylic acids is 1. The molecule has 0 atom stereocenters. The Morgan fingerprint density at radius 3 is 2.72 bits per heavy atom. The lowest BCUT2D eigenvalue weighted by molar-refractivity contribution is -0.146. The second-order valence-electron chi connectivity index (χ2n) is 6.21. The van der Waals surface area contributed by atoms with Gasteiger partial charge in [-0.05, 0) is 18.1 Å². The van der Waals surface area contributed by atoms with Crippen molar-refractivity contribution in [3.63, 3.8) is 0 Å². The minimum atomic E-state index is -0.497. The fourth-order valence-electron chi connectivity index (χ4n) is 2.72. The molecule has 132 valence electrons. The van der Waals surface area contributed by atoms with E-state index in [-0.39, 0.29) is 25.0 Å². The van der Waals surface area contributed by atoms with Gasteiger partial charge in [0, 0.05) is 38.3 Å². The van der Waals surface area contributed by atoms with Crippen LogP contribution in [0.1, 0.15) is 17.5 Å². The number of hydrogen-bond donors (Lipinski definition) is 1. The first kappa shape index (κ1) is 17.2. The zero-order valence-electron chi connectivity index (χ0n) is 14.1. The maximum Gasteiger partial charge on any atom is 0.328 e. The number of aromatic nitrogens is 2. The Kier molecular flexibility index (Phi) is 5.14. The van der Waals surface area contributed by atoms with Gasteiger partial charge in [0.05, 0.1) is 12.7 Å². The smallest absolute Gasteiger partial charge is 0.328 e. The Hall–Kier alpha value is -2.67. The van der Waals surface area contributed by atoms with Crippen molar-refractivity contribution in [1.29, 1.82) is 0 Å². The van der Waals surface area contributed by atoms with Gasteiger partial charge in [0.2, 0.25) is 5.91 Å². The molecule has 0 unspecified atom stereocenters. The summed E-state index contributed by atoms with van der Waals surface area (Å²) < 4.78 is 7.16. The van der Waals surface area contributed by atoms with Crippen molar-refractivity contribution in [1.82, 2.24) is 14.5 Å². The van der Waals surface area contributed by atoms with Gasteiger partial charge < -0.3 is 14.2 Å². The Balaban J connectivity index is 1.41. The van der Waals surface area contributed by atoms with Crippen molar-refractivity contribution in [2.24, 2.45) is 0 Å². The molecule has 0 aliphatic carbocycles. The van der Waals surface area contributed by atoms with Gasteiger partial charge in [-0.25, -0.2) is 4.79 Å². The second-order valence-corrected chi connectivity index (χ2v) is 6.21. The number of amides is 1. The minimum Gasteiger partial charge on any atom is -0.370 e. The number of carbonyl (C=O) groups is 1. The summed E-state index contributed by atoms with van der Waals surface area (Å²) in [6.45, 7) is 4.00. The fourth-order valence-corrected chi connectivity index (χ4v) is 2.72. The molecule has 1 saturated heterocycles. The van der Waals surface area contributed by atoms with Crippen molar-refractivity contribution in [2.75, 3.05) is 13.1 Å². The highest BCUT2D eigenvalue weighted by molar-refractivity contribution is 5.77. The maximum absolute atomic E-state index is 12.1. The summed E-state index contributed by atoms with van der Waals surface area (Å²) in [5.41, 5.74) is 1.41. The molecule has 0 bridgehead atoms. The van der Waals surface area contributed by atoms with Crippen LogP contribution in [0, 0.1) is 6.92 Å². The van der Waals surface area contributed by atoms with Crippen LogP contribution in [-0.2, 0) is 22.7 Å². The van der Waals surface area contributed by atoms with Gasteiger partial charge in [-0.3, -0.25) is 14.6 Å². The summed E-state index contributed by atoms with van der Waals surface area (Å²) in [5, 5.41) is 0. The molecular formula is C18H21N3O4. The van der Waals surface area contributed by atoms with E-state index in [1.165, 1.54) is 22.4 Å². The zero-order valence-corrected chi connectivity index (χ0v) is 14.1. The molecule has 0 radical (unpaired) electrons. The van der Waals surface area contributed by atoms with Gasteiger partial charge in [0.1, 0.15) is 0 Å². The van der Waals surface area contributed by atoms with Crippen LogP contribution < -0.4 is 11.2 Å². The molecule has 1 aliphatic heterocycles. The zero-order chi connectivity index (χ0) is 17.8.